The maximum Gasteiger partial charge on any atom is 0.243 e. The van der Waals surface area contributed by atoms with Gasteiger partial charge in [0.15, 0.2) is 5.82 Å². The SMILES string of the molecule is CCN(CCO)C(C)c1nc(Cc2ccccc2)no1. The summed E-state index contributed by atoms with van der Waals surface area (Å²) < 4.78 is 5.34. The van der Waals surface area contributed by atoms with Crippen LogP contribution in [0.3, 0.4) is 0 Å². The summed E-state index contributed by atoms with van der Waals surface area (Å²) in [5, 5.41) is 13.1. The monoisotopic (exact) mass is 275 g/mol. The first-order valence-electron chi connectivity index (χ1n) is 6.96. The zero-order chi connectivity index (χ0) is 14.4. The fraction of sp³-hybridized carbons (Fsp3) is 0.467. The van der Waals surface area contributed by atoms with Crippen LogP contribution in [0, 0.1) is 0 Å². The molecule has 0 spiro atoms. The van der Waals surface area contributed by atoms with Crippen LogP contribution in [0.5, 0.6) is 0 Å². The highest BCUT2D eigenvalue weighted by molar-refractivity contribution is 5.18. The van der Waals surface area contributed by atoms with Crippen molar-refractivity contribution in [2.45, 2.75) is 26.3 Å². The Morgan fingerprint density at radius 2 is 2.05 bits per heavy atom. The maximum atomic E-state index is 9.06. The zero-order valence-electron chi connectivity index (χ0n) is 12.0. The zero-order valence-corrected chi connectivity index (χ0v) is 12.0. The Morgan fingerprint density at radius 3 is 2.70 bits per heavy atom. The van der Waals surface area contributed by atoms with Gasteiger partial charge in [0.2, 0.25) is 5.89 Å². The van der Waals surface area contributed by atoms with Crippen LogP contribution in [0.25, 0.3) is 0 Å². The van der Waals surface area contributed by atoms with Crippen molar-refractivity contribution >= 4 is 0 Å². The number of nitrogens with zero attached hydrogens (tertiary/aromatic N) is 3. The van der Waals surface area contributed by atoms with Crippen molar-refractivity contribution in [3.63, 3.8) is 0 Å². The van der Waals surface area contributed by atoms with Gasteiger partial charge in [-0.3, -0.25) is 4.90 Å². The molecule has 0 aliphatic rings. The highest BCUT2D eigenvalue weighted by atomic mass is 16.5. The Balaban J connectivity index is 2.04. The molecule has 0 radical (unpaired) electrons. The molecule has 1 N–H and O–H groups in total. The smallest absolute Gasteiger partial charge is 0.243 e. The van der Waals surface area contributed by atoms with Gasteiger partial charge in [-0.2, -0.15) is 4.98 Å². The van der Waals surface area contributed by atoms with Crippen molar-refractivity contribution in [2.75, 3.05) is 19.7 Å². The summed E-state index contributed by atoms with van der Waals surface area (Å²) in [5.74, 6) is 1.30. The first-order chi connectivity index (χ1) is 9.74. The van der Waals surface area contributed by atoms with Crippen LogP contribution in [0.4, 0.5) is 0 Å². The number of aliphatic hydroxyl groups is 1. The van der Waals surface area contributed by atoms with Gasteiger partial charge in [0, 0.05) is 13.0 Å². The maximum absolute atomic E-state index is 9.06. The summed E-state index contributed by atoms with van der Waals surface area (Å²) in [7, 11) is 0. The largest absolute Gasteiger partial charge is 0.395 e. The van der Waals surface area contributed by atoms with Crippen LogP contribution in [0.15, 0.2) is 34.9 Å². The molecular formula is C15H21N3O2. The van der Waals surface area contributed by atoms with E-state index in [0.717, 1.165) is 12.1 Å². The predicted molar refractivity (Wildman–Crippen MR) is 76.3 cm³/mol. The van der Waals surface area contributed by atoms with E-state index in [1.54, 1.807) is 0 Å². The van der Waals surface area contributed by atoms with E-state index in [-0.39, 0.29) is 12.6 Å². The Labute approximate surface area is 119 Å². The van der Waals surface area contributed by atoms with Gasteiger partial charge in [0.25, 0.3) is 0 Å². The quantitative estimate of drug-likeness (QED) is 0.837. The minimum atomic E-state index is 0.0178. The molecule has 1 unspecified atom stereocenters. The van der Waals surface area contributed by atoms with E-state index < -0.39 is 0 Å². The number of rotatable bonds is 7. The molecule has 0 amide bonds. The summed E-state index contributed by atoms with van der Waals surface area (Å²) in [4.78, 5) is 6.55. The number of aromatic nitrogens is 2. The molecule has 0 saturated heterocycles. The molecule has 108 valence electrons. The number of aliphatic hydroxyl groups excluding tert-OH is 1. The van der Waals surface area contributed by atoms with Gasteiger partial charge in [-0.25, -0.2) is 0 Å². The predicted octanol–water partition coefficient (Wildman–Crippen LogP) is 2.04. The molecule has 0 aliphatic carbocycles. The molecule has 1 heterocycles. The second-order valence-corrected chi connectivity index (χ2v) is 4.74. The summed E-state index contributed by atoms with van der Waals surface area (Å²) in [6, 6.07) is 10.1. The third-order valence-electron chi connectivity index (χ3n) is 3.39. The third-order valence-corrected chi connectivity index (χ3v) is 3.39. The van der Waals surface area contributed by atoms with Gasteiger partial charge in [-0.15, -0.1) is 0 Å². The molecule has 5 heteroatoms. The summed E-state index contributed by atoms with van der Waals surface area (Å²) in [6.07, 6.45) is 0.670. The van der Waals surface area contributed by atoms with E-state index >= 15 is 0 Å². The van der Waals surface area contributed by atoms with Gasteiger partial charge in [0.05, 0.1) is 12.6 Å². The average Bonchev–Trinajstić information content (AvgIpc) is 2.93. The summed E-state index contributed by atoms with van der Waals surface area (Å²) in [6.45, 7) is 5.63. The molecule has 20 heavy (non-hydrogen) atoms. The highest BCUT2D eigenvalue weighted by Crippen LogP contribution is 2.18. The molecule has 0 aliphatic heterocycles. The van der Waals surface area contributed by atoms with Crippen LogP contribution in [-0.2, 0) is 6.42 Å². The van der Waals surface area contributed by atoms with E-state index in [1.807, 2.05) is 44.2 Å². The van der Waals surface area contributed by atoms with Crippen molar-refractivity contribution in [3.8, 4) is 0 Å². The van der Waals surface area contributed by atoms with Crippen molar-refractivity contribution < 1.29 is 9.63 Å². The highest BCUT2D eigenvalue weighted by Gasteiger charge is 2.20. The lowest BCUT2D eigenvalue weighted by Gasteiger charge is -2.23. The number of hydrogen-bond donors (Lipinski definition) is 1. The van der Waals surface area contributed by atoms with E-state index in [0.29, 0.717) is 24.7 Å². The van der Waals surface area contributed by atoms with Crippen LogP contribution >= 0.6 is 0 Å². The molecule has 0 saturated carbocycles. The van der Waals surface area contributed by atoms with Gasteiger partial charge in [-0.05, 0) is 19.0 Å². The lowest BCUT2D eigenvalue weighted by molar-refractivity contribution is 0.143. The van der Waals surface area contributed by atoms with Crippen LogP contribution in [-0.4, -0.2) is 39.8 Å². The molecule has 1 aromatic heterocycles. The molecule has 5 nitrogen and oxygen atoms in total. The van der Waals surface area contributed by atoms with E-state index in [9.17, 15) is 0 Å². The van der Waals surface area contributed by atoms with Crippen LogP contribution < -0.4 is 0 Å². The van der Waals surface area contributed by atoms with E-state index in [4.69, 9.17) is 9.63 Å². The topological polar surface area (TPSA) is 62.4 Å². The second kappa shape index (κ2) is 7.17. The minimum Gasteiger partial charge on any atom is -0.395 e. The van der Waals surface area contributed by atoms with Crippen molar-refractivity contribution in [3.05, 3.63) is 47.6 Å². The Kier molecular flexibility index (Phi) is 5.26. The molecule has 0 fully saturated rings. The summed E-state index contributed by atoms with van der Waals surface area (Å²) in [5.41, 5.74) is 1.16. The lowest BCUT2D eigenvalue weighted by Crippen LogP contribution is -2.29. The van der Waals surface area contributed by atoms with E-state index in [1.165, 1.54) is 0 Å². The average molecular weight is 275 g/mol. The third kappa shape index (κ3) is 3.65. The van der Waals surface area contributed by atoms with Crippen molar-refractivity contribution in [2.24, 2.45) is 0 Å². The molecule has 1 atom stereocenters. The fourth-order valence-electron chi connectivity index (χ4n) is 2.20. The minimum absolute atomic E-state index is 0.0178. The molecule has 2 rings (SSSR count). The number of hydrogen-bond acceptors (Lipinski definition) is 5. The van der Waals surface area contributed by atoms with Crippen molar-refractivity contribution in [1.82, 2.24) is 15.0 Å². The van der Waals surface area contributed by atoms with Gasteiger partial charge >= 0.3 is 0 Å². The lowest BCUT2D eigenvalue weighted by atomic mass is 10.1. The van der Waals surface area contributed by atoms with Crippen LogP contribution in [0.1, 0.15) is 37.2 Å². The van der Waals surface area contributed by atoms with E-state index in [2.05, 4.69) is 15.0 Å². The Hall–Kier alpha value is -1.72. The number of benzene rings is 1. The standard InChI is InChI=1S/C15H21N3O2/c1-3-18(9-10-19)12(2)15-16-14(17-20-15)11-13-7-5-4-6-8-13/h4-8,12,19H,3,9-11H2,1-2H3. The van der Waals surface area contributed by atoms with Gasteiger partial charge < -0.3 is 9.63 Å². The first-order valence-corrected chi connectivity index (χ1v) is 6.96. The Morgan fingerprint density at radius 1 is 1.30 bits per heavy atom. The van der Waals surface area contributed by atoms with Crippen LogP contribution in [0.2, 0.25) is 0 Å². The first kappa shape index (κ1) is 14.7. The molecule has 2 aromatic rings. The normalized spacial score (nSPS) is 12.8. The molecular weight excluding hydrogens is 254 g/mol. The fourth-order valence-corrected chi connectivity index (χ4v) is 2.20. The summed E-state index contributed by atoms with van der Waals surface area (Å²) >= 11 is 0. The second-order valence-electron chi connectivity index (χ2n) is 4.74. The van der Waals surface area contributed by atoms with Crippen molar-refractivity contribution in [1.29, 1.82) is 0 Å². The van der Waals surface area contributed by atoms with Gasteiger partial charge in [-0.1, -0.05) is 42.4 Å². The Bertz CT molecular complexity index is 513. The van der Waals surface area contributed by atoms with Gasteiger partial charge in [0.1, 0.15) is 0 Å². The molecule has 0 bridgehead atoms. The molecule has 1 aromatic carbocycles. The number of likely N-dealkylation sites (N-methyl/N-ethyl adjacent to an activating group) is 1.